The molecule has 4 heteroatoms. The van der Waals surface area contributed by atoms with Gasteiger partial charge in [-0.2, -0.15) is 0 Å². The van der Waals surface area contributed by atoms with Crippen LogP contribution in [0.4, 0.5) is 0 Å². The average molecular weight is 203 g/mol. The van der Waals surface area contributed by atoms with Gasteiger partial charge in [0.2, 0.25) is 0 Å². The number of imidazole rings is 1. The van der Waals surface area contributed by atoms with Gasteiger partial charge >= 0.3 is 0 Å². The third-order valence-electron chi connectivity index (χ3n) is 2.10. The van der Waals surface area contributed by atoms with Crippen LogP contribution < -0.4 is 4.74 Å². The average Bonchev–Trinajstić information content (AvgIpc) is 2.56. The number of hydrogen-bond donors (Lipinski definition) is 0. The quantitative estimate of drug-likeness (QED) is 0.762. The van der Waals surface area contributed by atoms with Crippen LogP contribution in [0.1, 0.15) is 11.5 Å². The van der Waals surface area contributed by atoms with Crippen LogP contribution in [0.3, 0.4) is 0 Å². The number of aromatic nitrogens is 3. The molecular weight excluding hydrogens is 190 g/mol. The Hall–Kier alpha value is -1.84. The first-order valence-corrected chi connectivity index (χ1v) is 4.77. The SMILES string of the molecule is Cc1cn(C)c(COc2cccnc2)n1. The molecule has 0 saturated carbocycles. The zero-order valence-corrected chi connectivity index (χ0v) is 8.84. The molecule has 0 bridgehead atoms. The van der Waals surface area contributed by atoms with Gasteiger partial charge in [0.05, 0.1) is 11.9 Å². The zero-order chi connectivity index (χ0) is 10.7. The summed E-state index contributed by atoms with van der Waals surface area (Å²) in [5, 5.41) is 0. The fourth-order valence-electron chi connectivity index (χ4n) is 1.38. The molecule has 2 aromatic heterocycles. The monoisotopic (exact) mass is 203 g/mol. The lowest BCUT2D eigenvalue weighted by Crippen LogP contribution is -2.02. The molecule has 15 heavy (non-hydrogen) atoms. The second-order valence-electron chi connectivity index (χ2n) is 3.39. The van der Waals surface area contributed by atoms with Crippen LogP contribution in [-0.2, 0) is 13.7 Å². The molecule has 0 saturated heterocycles. The minimum atomic E-state index is 0.468. The standard InChI is InChI=1S/C11H13N3O/c1-9-7-14(2)11(13-9)8-15-10-4-3-5-12-6-10/h3-7H,8H2,1-2H3. The molecule has 0 aliphatic rings. The summed E-state index contributed by atoms with van der Waals surface area (Å²) in [7, 11) is 1.96. The van der Waals surface area contributed by atoms with Crippen LogP contribution in [0.15, 0.2) is 30.7 Å². The van der Waals surface area contributed by atoms with Gasteiger partial charge in [-0.3, -0.25) is 4.98 Å². The molecule has 4 nitrogen and oxygen atoms in total. The summed E-state index contributed by atoms with van der Waals surface area (Å²) in [6.45, 7) is 2.43. The number of rotatable bonds is 3. The van der Waals surface area contributed by atoms with E-state index in [4.69, 9.17) is 4.74 Å². The maximum absolute atomic E-state index is 5.54. The van der Waals surface area contributed by atoms with E-state index in [2.05, 4.69) is 9.97 Å². The van der Waals surface area contributed by atoms with Crippen molar-refractivity contribution in [3.63, 3.8) is 0 Å². The molecule has 0 aliphatic heterocycles. The van der Waals surface area contributed by atoms with E-state index in [1.807, 2.05) is 36.9 Å². The molecule has 0 aliphatic carbocycles. The van der Waals surface area contributed by atoms with Crippen molar-refractivity contribution in [2.45, 2.75) is 13.5 Å². The summed E-state index contributed by atoms with van der Waals surface area (Å²) < 4.78 is 7.50. The minimum absolute atomic E-state index is 0.468. The van der Waals surface area contributed by atoms with Crippen molar-refractivity contribution in [2.75, 3.05) is 0 Å². The van der Waals surface area contributed by atoms with E-state index < -0.39 is 0 Å². The Morgan fingerprint density at radius 3 is 2.93 bits per heavy atom. The first-order valence-electron chi connectivity index (χ1n) is 4.77. The molecule has 0 N–H and O–H groups in total. The summed E-state index contributed by atoms with van der Waals surface area (Å²) in [6, 6.07) is 3.72. The highest BCUT2D eigenvalue weighted by Crippen LogP contribution is 2.09. The van der Waals surface area contributed by atoms with Crippen molar-refractivity contribution in [1.29, 1.82) is 0 Å². The van der Waals surface area contributed by atoms with Gasteiger partial charge in [0, 0.05) is 19.4 Å². The van der Waals surface area contributed by atoms with E-state index in [0.717, 1.165) is 17.3 Å². The van der Waals surface area contributed by atoms with Crippen molar-refractivity contribution in [3.8, 4) is 5.75 Å². The van der Waals surface area contributed by atoms with Gasteiger partial charge < -0.3 is 9.30 Å². The lowest BCUT2D eigenvalue weighted by Gasteiger charge is -2.04. The molecule has 0 radical (unpaired) electrons. The Morgan fingerprint density at radius 1 is 1.47 bits per heavy atom. The predicted molar refractivity (Wildman–Crippen MR) is 56.5 cm³/mol. The van der Waals surface area contributed by atoms with Gasteiger partial charge in [0.25, 0.3) is 0 Å². The summed E-state index contributed by atoms with van der Waals surface area (Å²) in [4.78, 5) is 8.32. The van der Waals surface area contributed by atoms with Gasteiger partial charge in [0.15, 0.2) is 0 Å². The molecule has 0 spiro atoms. The fourth-order valence-corrected chi connectivity index (χ4v) is 1.38. The summed E-state index contributed by atoms with van der Waals surface area (Å²) >= 11 is 0. The summed E-state index contributed by atoms with van der Waals surface area (Å²) in [5.74, 6) is 1.68. The Bertz CT molecular complexity index is 436. The summed E-state index contributed by atoms with van der Waals surface area (Å²) in [5.41, 5.74) is 1.00. The largest absolute Gasteiger partial charge is 0.484 e. The van der Waals surface area contributed by atoms with Crippen LogP contribution >= 0.6 is 0 Å². The van der Waals surface area contributed by atoms with Crippen molar-refractivity contribution < 1.29 is 4.74 Å². The molecule has 0 atom stereocenters. The molecule has 0 amide bonds. The van der Waals surface area contributed by atoms with Gasteiger partial charge in [-0.15, -0.1) is 0 Å². The van der Waals surface area contributed by atoms with Gasteiger partial charge in [-0.25, -0.2) is 4.98 Å². The lowest BCUT2D eigenvalue weighted by atomic mass is 10.5. The third-order valence-corrected chi connectivity index (χ3v) is 2.10. The second kappa shape index (κ2) is 4.13. The van der Waals surface area contributed by atoms with Crippen LogP contribution in [-0.4, -0.2) is 14.5 Å². The van der Waals surface area contributed by atoms with Gasteiger partial charge in [-0.05, 0) is 19.1 Å². The van der Waals surface area contributed by atoms with E-state index in [1.165, 1.54) is 0 Å². The Kier molecular flexibility index (Phi) is 2.67. The Labute approximate surface area is 88.6 Å². The molecule has 78 valence electrons. The van der Waals surface area contributed by atoms with Crippen LogP contribution in [0, 0.1) is 6.92 Å². The molecule has 0 unspecified atom stereocenters. The predicted octanol–water partition coefficient (Wildman–Crippen LogP) is 1.70. The Balaban J connectivity index is 2.02. The lowest BCUT2D eigenvalue weighted by molar-refractivity contribution is 0.290. The molecule has 2 rings (SSSR count). The molecular formula is C11H13N3O. The summed E-state index contributed by atoms with van der Waals surface area (Å²) in [6.07, 6.45) is 5.38. The second-order valence-corrected chi connectivity index (χ2v) is 3.39. The molecule has 0 fully saturated rings. The van der Waals surface area contributed by atoms with Crippen LogP contribution in [0.5, 0.6) is 5.75 Å². The number of aryl methyl sites for hydroxylation is 2. The van der Waals surface area contributed by atoms with Crippen LogP contribution in [0.25, 0.3) is 0 Å². The van der Waals surface area contributed by atoms with E-state index in [-0.39, 0.29) is 0 Å². The van der Waals surface area contributed by atoms with Gasteiger partial charge in [-0.1, -0.05) is 0 Å². The third kappa shape index (κ3) is 2.34. The van der Waals surface area contributed by atoms with Crippen LogP contribution in [0.2, 0.25) is 0 Å². The fraction of sp³-hybridized carbons (Fsp3) is 0.273. The Morgan fingerprint density at radius 2 is 2.33 bits per heavy atom. The van der Waals surface area contributed by atoms with Crippen molar-refractivity contribution in [2.24, 2.45) is 7.05 Å². The zero-order valence-electron chi connectivity index (χ0n) is 8.84. The van der Waals surface area contributed by atoms with Crippen molar-refractivity contribution >= 4 is 0 Å². The maximum atomic E-state index is 5.54. The first kappa shape index (κ1) is 9.71. The normalized spacial score (nSPS) is 10.3. The molecule has 2 aromatic rings. The van der Waals surface area contributed by atoms with Gasteiger partial charge in [0.1, 0.15) is 18.2 Å². The highest BCUT2D eigenvalue weighted by atomic mass is 16.5. The molecule has 2 heterocycles. The number of nitrogens with zero attached hydrogens (tertiary/aromatic N) is 3. The number of pyridine rings is 1. The molecule has 0 aromatic carbocycles. The first-order chi connectivity index (χ1) is 7.25. The van der Waals surface area contributed by atoms with Crippen molar-refractivity contribution in [1.82, 2.24) is 14.5 Å². The smallest absolute Gasteiger partial charge is 0.146 e. The topological polar surface area (TPSA) is 39.9 Å². The number of ether oxygens (including phenoxy) is 1. The van der Waals surface area contributed by atoms with E-state index in [9.17, 15) is 0 Å². The maximum Gasteiger partial charge on any atom is 0.146 e. The van der Waals surface area contributed by atoms with E-state index in [0.29, 0.717) is 6.61 Å². The highest BCUT2D eigenvalue weighted by Gasteiger charge is 2.02. The van der Waals surface area contributed by atoms with E-state index >= 15 is 0 Å². The van der Waals surface area contributed by atoms with E-state index in [1.54, 1.807) is 12.4 Å². The minimum Gasteiger partial charge on any atom is -0.484 e. The highest BCUT2D eigenvalue weighted by molar-refractivity contribution is 5.15. The number of hydrogen-bond acceptors (Lipinski definition) is 3. The van der Waals surface area contributed by atoms with Crippen molar-refractivity contribution in [3.05, 3.63) is 42.2 Å².